The second-order valence-electron chi connectivity index (χ2n) is 9.51. The van der Waals surface area contributed by atoms with Gasteiger partial charge in [0.05, 0.1) is 24.1 Å². The molecule has 186 valence electrons. The molecule has 3 aromatic rings. The highest BCUT2D eigenvalue weighted by atomic mass is 19.1. The minimum atomic E-state index is -0.234. The van der Waals surface area contributed by atoms with Crippen molar-refractivity contribution in [1.82, 2.24) is 9.78 Å². The lowest BCUT2D eigenvalue weighted by Crippen LogP contribution is -2.31. The van der Waals surface area contributed by atoms with Crippen molar-refractivity contribution in [2.45, 2.75) is 52.7 Å². The number of benzene rings is 2. The normalized spacial score (nSPS) is 20.1. The quantitative estimate of drug-likeness (QED) is 0.438. The maximum Gasteiger partial charge on any atom is 0.262 e. The molecule has 0 aliphatic carbocycles. The van der Waals surface area contributed by atoms with Gasteiger partial charge in [-0.2, -0.15) is 5.10 Å². The summed E-state index contributed by atoms with van der Waals surface area (Å²) < 4.78 is 28.1. The lowest BCUT2D eigenvalue weighted by atomic mass is 9.76. The molecular weight excluding hydrogens is 445 g/mol. The summed E-state index contributed by atoms with van der Waals surface area (Å²) in [6.45, 7) is 9.37. The number of hydrogen-bond donors (Lipinski definition) is 1. The van der Waals surface area contributed by atoms with Crippen LogP contribution in [0, 0.1) is 24.6 Å². The van der Waals surface area contributed by atoms with Crippen LogP contribution in [0.4, 0.5) is 10.1 Å². The van der Waals surface area contributed by atoms with Crippen LogP contribution in [0.15, 0.2) is 54.7 Å². The molecule has 0 spiro atoms. The lowest BCUT2D eigenvalue weighted by Gasteiger charge is -2.39. The van der Waals surface area contributed by atoms with E-state index >= 15 is 0 Å². The zero-order valence-corrected chi connectivity index (χ0v) is 20.8. The van der Waals surface area contributed by atoms with Gasteiger partial charge >= 0.3 is 0 Å². The van der Waals surface area contributed by atoms with Crippen LogP contribution in [0.25, 0.3) is 0 Å². The molecule has 1 aliphatic heterocycles. The van der Waals surface area contributed by atoms with Gasteiger partial charge in [-0.05, 0) is 61.4 Å². The third-order valence-electron chi connectivity index (χ3n) is 6.75. The van der Waals surface area contributed by atoms with Crippen LogP contribution >= 0.6 is 0 Å². The molecule has 1 aliphatic rings. The van der Waals surface area contributed by atoms with E-state index in [0.29, 0.717) is 24.0 Å². The lowest BCUT2D eigenvalue weighted by molar-refractivity contribution is -0.118. The molecule has 0 bridgehead atoms. The predicted molar refractivity (Wildman–Crippen MR) is 134 cm³/mol. The summed E-state index contributed by atoms with van der Waals surface area (Å²) in [4.78, 5) is 12.3. The second-order valence-corrected chi connectivity index (χ2v) is 9.51. The average Bonchev–Trinajstić information content (AvgIpc) is 3.22. The minimum Gasteiger partial charge on any atom is -0.484 e. The van der Waals surface area contributed by atoms with Gasteiger partial charge in [-0.3, -0.25) is 9.48 Å². The topological polar surface area (TPSA) is 65.4 Å². The van der Waals surface area contributed by atoms with Crippen molar-refractivity contribution in [3.05, 3.63) is 77.4 Å². The number of rotatable bonds is 8. The number of nitrogens with zero attached hydrogens (tertiary/aromatic N) is 2. The Kier molecular flexibility index (Phi) is 7.86. The highest BCUT2D eigenvalue weighted by Crippen LogP contribution is 2.44. The number of anilines is 1. The standard InChI is InChI=1S/C28H34FN3O3/c1-5-32-15-26(19(4)31-32)30-27(33)17-34-22-12-10-20(11-13-22)28-24(18(2)3)14-21(16-35-28)23-8-6-7-9-25(23)29/h6-13,15,18,21,24,28H,5,14,16-17H2,1-4H3,(H,30,33)/t21-,24-,28-/m0/s1. The fourth-order valence-corrected chi connectivity index (χ4v) is 4.74. The molecule has 2 heterocycles. The summed E-state index contributed by atoms with van der Waals surface area (Å²) in [5.41, 5.74) is 3.26. The minimum absolute atomic E-state index is 0.0500. The maximum absolute atomic E-state index is 14.4. The molecule has 1 aromatic heterocycles. The molecule has 1 fully saturated rings. The Morgan fingerprint density at radius 2 is 1.97 bits per heavy atom. The van der Waals surface area contributed by atoms with Crippen LogP contribution in [0.2, 0.25) is 0 Å². The van der Waals surface area contributed by atoms with Gasteiger partial charge in [0.2, 0.25) is 0 Å². The van der Waals surface area contributed by atoms with Gasteiger partial charge in [-0.25, -0.2) is 4.39 Å². The second kappa shape index (κ2) is 11.0. The highest BCUT2D eigenvalue weighted by Gasteiger charge is 2.35. The van der Waals surface area contributed by atoms with Gasteiger partial charge in [-0.1, -0.05) is 44.2 Å². The molecule has 0 radical (unpaired) electrons. The van der Waals surface area contributed by atoms with Crippen molar-refractivity contribution in [3.8, 4) is 5.75 Å². The van der Waals surface area contributed by atoms with Gasteiger partial charge in [-0.15, -0.1) is 0 Å². The van der Waals surface area contributed by atoms with E-state index in [0.717, 1.165) is 29.8 Å². The maximum atomic E-state index is 14.4. The molecule has 0 unspecified atom stereocenters. The first kappa shape index (κ1) is 24.9. The Labute approximate surface area is 206 Å². The number of amides is 1. The Hall–Kier alpha value is -3.19. The molecule has 7 heteroatoms. The van der Waals surface area contributed by atoms with Crippen molar-refractivity contribution in [2.75, 3.05) is 18.5 Å². The van der Waals surface area contributed by atoms with Gasteiger partial charge in [0.25, 0.3) is 5.91 Å². The first-order chi connectivity index (χ1) is 16.9. The smallest absolute Gasteiger partial charge is 0.262 e. The summed E-state index contributed by atoms with van der Waals surface area (Å²) >= 11 is 0. The first-order valence-electron chi connectivity index (χ1n) is 12.3. The molecule has 4 rings (SSSR count). The van der Waals surface area contributed by atoms with E-state index in [2.05, 4.69) is 24.3 Å². The third-order valence-corrected chi connectivity index (χ3v) is 6.75. The fourth-order valence-electron chi connectivity index (χ4n) is 4.74. The average molecular weight is 480 g/mol. The van der Waals surface area contributed by atoms with Crippen LogP contribution in [-0.4, -0.2) is 28.9 Å². The number of carbonyl (C=O) groups excluding carboxylic acids is 1. The van der Waals surface area contributed by atoms with E-state index in [1.54, 1.807) is 10.7 Å². The van der Waals surface area contributed by atoms with Crippen LogP contribution in [0.3, 0.4) is 0 Å². The predicted octanol–water partition coefficient (Wildman–Crippen LogP) is 5.89. The summed E-state index contributed by atoms with van der Waals surface area (Å²) in [6.07, 6.45) is 2.62. The summed E-state index contributed by atoms with van der Waals surface area (Å²) in [7, 11) is 0. The number of aromatic nitrogens is 2. The molecule has 0 saturated carbocycles. The molecule has 35 heavy (non-hydrogen) atoms. The monoisotopic (exact) mass is 479 g/mol. The molecule has 1 N–H and O–H groups in total. The van der Waals surface area contributed by atoms with Gasteiger partial charge in [0.15, 0.2) is 6.61 Å². The van der Waals surface area contributed by atoms with E-state index in [1.165, 1.54) is 6.07 Å². The first-order valence-corrected chi connectivity index (χ1v) is 12.3. The van der Waals surface area contributed by atoms with Crippen LogP contribution < -0.4 is 10.1 Å². The number of carbonyl (C=O) groups is 1. The van der Waals surface area contributed by atoms with E-state index in [1.807, 2.05) is 56.4 Å². The Morgan fingerprint density at radius 1 is 1.23 bits per heavy atom. The number of ether oxygens (including phenoxy) is 2. The van der Waals surface area contributed by atoms with Gasteiger partial charge < -0.3 is 14.8 Å². The largest absolute Gasteiger partial charge is 0.484 e. The van der Waals surface area contributed by atoms with Crippen LogP contribution in [0.5, 0.6) is 5.75 Å². The fraction of sp³-hybridized carbons (Fsp3) is 0.429. The van der Waals surface area contributed by atoms with Crippen LogP contribution in [0.1, 0.15) is 56.0 Å². The Balaban J connectivity index is 1.36. The number of hydrogen-bond acceptors (Lipinski definition) is 4. The number of aryl methyl sites for hydroxylation is 2. The van der Waals surface area contributed by atoms with Crippen molar-refractivity contribution in [2.24, 2.45) is 11.8 Å². The van der Waals surface area contributed by atoms with Crippen molar-refractivity contribution < 1.29 is 18.7 Å². The summed E-state index contributed by atoms with van der Waals surface area (Å²) in [6, 6.07) is 14.7. The zero-order valence-electron chi connectivity index (χ0n) is 20.8. The molecule has 6 nitrogen and oxygen atoms in total. The van der Waals surface area contributed by atoms with E-state index in [-0.39, 0.29) is 36.3 Å². The number of nitrogens with one attached hydrogen (secondary N) is 1. The molecule has 2 aromatic carbocycles. The number of halogens is 1. The highest BCUT2D eigenvalue weighted by molar-refractivity contribution is 5.92. The SMILES string of the molecule is CCn1cc(NC(=O)COc2ccc([C@@H]3OC[C@@H](c4ccccc4F)C[C@H]3C(C)C)cc2)c(C)n1. The molecule has 1 saturated heterocycles. The third kappa shape index (κ3) is 5.90. The van der Waals surface area contributed by atoms with E-state index < -0.39 is 0 Å². The van der Waals surface area contributed by atoms with Crippen molar-refractivity contribution in [1.29, 1.82) is 0 Å². The Morgan fingerprint density at radius 3 is 2.63 bits per heavy atom. The van der Waals surface area contributed by atoms with Gasteiger partial charge in [0.1, 0.15) is 11.6 Å². The van der Waals surface area contributed by atoms with Crippen molar-refractivity contribution in [3.63, 3.8) is 0 Å². The summed E-state index contributed by atoms with van der Waals surface area (Å²) in [5.74, 6) is 0.914. The Bertz CT molecular complexity index is 1140. The summed E-state index contributed by atoms with van der Waals surface area (Å²) in [5, 5.41) is 7.17. The zero-order chi connectivity index (χ0) is 24.9. The molecule has 3 atom stereocenters. The molecule has 1 amide bonds. The van der Waals surface area contributed by atoms with Crippen LogP contribution in [-0.2, 0) is 16.1 Å². The van der Waals surface area contributed by atoms with Crippen molar-refractivity contribution >= 4 is 11.6 Å². The van der Waals surface area contributed by atoms with Gasteiger partial charge in [0, 0.05) is 18.7 Å². The molecular formula is C28H34FN3O3. The van der Waals surface area contributed by atoms with E-state index in [9.17, 15) is 9.18 Å². The van der Waals surface area contributed by atoms with E-state index in [4.69, 9.17) is 9.47 Å².